The molecular weight excluding hydrogens is 252 g/mol. The third kappa shape index (κ3) is 2.48. The molecule has 4 unspecified atom stereocenters. The van der Waals surface area contributed by atoms with Gasteiger partial charge in [0.25, 0.3) is 0 Å². The summed E-state index contributed by atoms with van der Waals surface area (Å²) in [7, 11) is 0. The van der Waals surface area contributed by atoms with E-state index in [9.17, 15) is 0 Å². The van der Waals surface area contributed by atoms with E-state index in [1.807, 2.05) is 0 Å². The summed E-state index contributed by atoms with van der Waals surface area (Å²) in [6.45, 7) is 15.1. The third-order valence-corrected chi connectivity index (χ3v) is 7.10. The summed E-state index contributed by atoms with van der Waals surface area (Å²) < 4.78 is 6.41. The van der Waals surface area contributed by atoms with Crippen LogP contribution in [0.4, 0.5) is 0 Å². The maximum Gasteiger partial charge on any atom is 0.0636 e. The van der Waals surface area contributed by atoms with Crippen molar-refractivity contribution in [2.75, 3.05) is 12.4 Å². The molecule has 0 aromatic heterocycles. The van der Waals surface area contributed by atoms with Crippen molar-refractivity contribution in [3.05, 3.63) is 0 Å². The standard InChI is InChI=1S/C17H32OS/c1-15(2,3)13(11-19)10-18-14-9-12-7-8-17(14,6)16(12,4)5/h12-14,19H,7-11H2,1-6H3. The van der Waals surface area contributed by atoms with Gasteiger partial charge in [-0.2, -0.15) is 12.6 Å². The molecule has 2 fully saturated rings. The highest BCUT2D eigenvalue weighted by atomic mass is 32.1. The molecule has 19 heavy (non-hydrogen) atoms. The maximum atomic E-state index is 6.41. The fourth-order valence-electron chi connectivity index (χ4n) is 4.19. The van der Waals surface area contributed by atoms with E-state index in [1.165, 1.54) is 19.3 Å². The van der Waals surface area contributed by atoms with Crippen molar-refractivity contribution in [2.45, 2.75) is 66.9 Å². The average molecular weight is 285 g/mol. The predicted molar refractivity (Wildman–Crippen MR) is 85.8 cm³/mol. The average Bonchev–Trinajstić information content (AvgIpc) is 2.60. The second-order valence-corrected chi connectivity index (χ2v) is 9.04. The Balaban J connectivity index is 1.99. The fraction of sp³-hybridized carbons (Fsp3) is 1.00. The van der Waals surface area contributed by atoms with E-state index in [1.54, 1.807) is 0 Å². The molecule has 0 aliphatic heterocycles. The van der Waals surface area contributed by atoms with Crippen LogP contribution in [0, 0.1) is 28.1 Å². The van der Waals surface area contributed by atoms with Gasteiger partial charge in [0.2, 0.25) is 0 Å². The Kier molecular flexibility index (Phi) is 4.08. The summed E-state index contributed by atoms with van der Waals surface area (Å²) in [6.07, 6.45) is 4.48. The number of hydrogen-bond acceptors (Lipinski definition) is 2. The molecule has 2 rings (SSSR count). The Hall–Kier alpha value is 0.310. The van der Waals surface area contributed by atoms with Crippen LogP contribution in [0.5, 0.6) is 0 Å². The Morgan fingerprint density at radius 1 is 1.26 bits per heavy atom. The van der Waals surface area contributed by atoms with Crippen molar-refractivity contribution in [3.63, 3.8) is 0 Å². The monoisotopic (exact) mass is 284 g/mol. The van der Waals surface area contributed by atoms with Crippen LogP contribution in [0.3, 0.4) is 0 Å². The molecule has 2 saturated carbocycles. The minimum absolute atomic E-state index is 0.287. The molecule has 112 valence electrons. The molecule has 0 heterocycles. The van der Waals surface area contributed by atoms with Crippen LogP contribution in [-0.2, 0) is 4.74 Å². The van der Waals surface area contributed by atoms with Crippen LogP contribution >= 0.6 is 12.6 Å². The van der Waals surface area contributed by atoms with Crippen molar-refractivity contribution >= 4 is 12.6 Å². The quantitative estimate of drug-likeness (QED) is 0.729. The Morgan fingerprint density at radius 3 is 2.26 bits per heavy atom. The first-order valence-electron chi connectivity index (χ1n) is 7.85. The molecule has 2 heteroatoms. The van der Waals surface area contributed by atoms with Crippen molar-refractivity contribution in [1.82, 2.24) is 0 Å². The zero-order chi connectivity index (χ0) is 14.5. The second kappa shape index (κ2) is 4.94. The van der Waals surface area contributed by atoms with E-state index in [-0.39, 0.29) is 5.41 Å². The van der Waals surface area contributed by atoms with Gasteiger partial charge in [-0.1, -0.05) is 41.5 Å². The summed E-state index contributed by atoms with van der Waals surface area (Å²) in [5.74, 6) is 2.33. The van der Waals surface area contributed by atoms with Crippen LogP contribution in [-0.4, -0.2) is 18.5 Å². The van der Waals surface area contributed by atoms with E-state index >= 15 is 0 Å². The molecule has 2 bridgehead atoms. The highest BCUT2D eigenvalue weighted by molar-refractivity contribution is 7.80. The molecule has 0 aromatic rings. The van der Waals surface area contributed by atoms with Crippen molar-refractivity contribution < 1.29 is 4.74 Å². The van der Waals surface area contributed by atoms with Gasteiger partial charge in [-0.05, 0) is 53.1 Å². The Bertz CT molecular complexity index is 331. The van der Waals surface area contributed by atoms with Crippen LogP contribution < -0.4 is 0 Å². The number of fused-ring (bicyclic) bond motifs is 2. The van der Waals surface area contributed by atoms with E-state index < -0.39 is 0 Å². The van der Waals surface area contributed by atoms with Crippen molar-refractivity contribution in [3.8, 4) is 0 Å². The highest BCUT2D eigenvalue weighted by Gasteiger charge is 2.61. The van der Waals surface area contributed by atoms with E-state index in [0.29, 0.717) is 22.9 Å². The van der Waals surface area contributed by atoms with Gasteiger partial charge in [-0.25, -0.2) is 0 Å². The molecule has 0 amide bonds. The first-order valence-corrected chi connectivity index (χ1v) is 8.48. The molecule has 0 N–H and O–H groups in total. The van der Waals surface area contributed by atoms with E-state index in [2.05, 4.69) is 54.2 Å². The first kappa shape index (κ1) is 15.7. The lowest BCUT2D eigenvalue weighted by Gasteiger charge is -2.40. The summed E-state index contributed by atoms with van der Waals surface area (Å²) in [5, 5.41) is 0. The van der Waals surface area contributed by atoms with Gasteiger partial charge in [0.15, 0.2) is 0 Å². The molecule has 0 saturated heterocycles. The summed E-state index contributed by atoms with van der Waals surface area (Å²) in [6, 6.07) is 0. The number of hydrogen-bond donors (Lipinski definition) is 1. The van der Waals surface area contributed by atoms with Gasteiger partial charge in [0.1, 0.15) is 0 Å². The Morgan fingerprint density at radius 2 is 1.89 bits per heavy atom. The molecule has 0 aromatic carbocycles. The predicted octanol–water partition coefficient (Wildman–Crippen LogP) is 4.81. The third-order valence-electron chi connectivity index (χ3n) is 6.66. The zero-order valence-corrected chi connectivity index (χ0v) is 14.5. The van der Waals surface area contributed by atoms with Gasteiger partial charge in [0, 0.05) is 0 Å². The minimum Gasteiger partial charge on any atom is -0.377 e. The molecule has 4 atom stereocenters. The minimum atomic E-state index is 0.287. The first-order chi connectivity index (χ1) is 8.63. The smallest absolute Gasteiger partial charge is 0.0636 e. The lowest BCUT2D eigenvalue weighted by atomic mass is 9.70. The van der Waals surface area contributed by atoms with Crippen LogP contribution in [0.15, 0.2) is 0 Å². The van der Waals surface area contributed by atoms with Gasteiger partial charge in [-0.3, -0.25) is 0 Å². The van der Waals surface area contributed by atoms with Crippen molar-refractivity contribution in [1.29, 1.82) is 0 Å². The number of rotatable bonds is 4. The van der Waals surface area contributed by atoms with Gasteiger partial charge < -0.3 is 4.74 Å². The van der Waals surface area contributed by atoms with Gasteiger partial charge in [-0.15, -0.1) is 0 Å². The van der Waals surface area contributed by atoms with Crippen LogP contribution in [0.25, 0.3) is 0 Å². The van der Waals surface area contributed by atoms with Crippen LogP contribution in [0.2, 0.25) is 0 Å². The van der Waals surface area contributed by atoms with Gasteiger partial charge in [0.05, 0.1) is 12.7 Å². The van der Waals surface area contributed by atoms with E-state index in [0.717, 1.165) is 18.3 Å². The number of ether oxygens (including phenoxy) is 1. The van der Waals surface area contributed by atoms with Crippen LogP contribution in [0.1, 0.15) is 60.8 Å². The Labute approximate surface area is 125 Å². The molecule has 0 radical (unpaired) electrons. The molecular formula is C17H32OS. The van der Waals surface area contributed by atoms with E-state index in [4.69, 9.17) is 4.74 Å². The topological polar surface area (TPSA) is 9.23 Å². The molecule has 2 aliphatic carbocycles. The lowest BCUT2D eigenvalue weighted by molar-refractivity contribution is -0.0670. The maximum absolute atomic E-state index is 6.41. The van der Waals surface area contributed by atoms with Crippen molar-refractivity contribution in [2.24, 2.45) is 28.1 Å². The lowest BCUT2D eigenvalue weighted by Crippen LogP contribution is -2.39. The number of thiol groups is 1. The normalized spacial score (nSPS) is 38.7. The summed E-state index contributed by atoms with van der Waals surface area (Å²) >= 11 is 4.51. The van der Waals surface area contributed by atoms with Gasteiger partial charge >= 0.3 is 0 Å². The molecule has 2 aliphatic rings. The zero-order valence-electron chi connectivity index (χ0n) is 13.6. The highest BCUT2D eigenvalue weighted by Crippen LogP contribution is 2.66. The summed E-state index contributed by atoms with van der Waals surface area (Å²) in [5.41, 5.74) is 1.13. The summed E-state index contributed by atoms with van der Waals surface area (Å²) in [4.78, 5) is 0. The molecule has 1 nitrogen and oxygen atoms in total. The fourth-order valence-corrected chi connectivity index (χ4v) is 4.84. The molecule has 0 spiro atoms. The second-order valence-electron chi connectivity index (χ2n) is 8.68. The largest absolute Gasteiger partial charge is 0.377 e. The SMILES string of the molecule is CC(C)(C)C(CS)COC1CC2CCC1(C)C2(C)C.